The van der Waals surface area contributed by atoms with Crippen molar-refractivity contribution in [3.63, 3.8) is 0 Å². The minimum atomic E-state index is -2.34. The Balaban J connectivity index is 1.39. The first-order valence-electron chi connectivity index (χ1n) is 14.0. The lowest BCUT2D eigenvalue weighted by Crippen LogP contribution is -2.69. The van der Waals surface area contributed by atoms with Crippen LogP contribution >= 0.6 is 0 Å². The molecule has 0 amide bonds. The van der Waals surface area contributed by atoms with Gasteiger partial charge in [-0.2, -0.15) is 0 Å². The maximum Gasteiger partial charge on any atom is 0.335 e. The molecule has 1 heterocycles. The fraction of sp³-hybridized carbons (Fsp3) is 0.963. The van der Waals surface area contributed by atoms with Crippen molar-refractivity contribution in [1.29, 1.82) is 0 Å². The monoisotopic (exact) mass is 544 g/mol. The van der Waals surface area contributed by atoms with Crippen LogP contribution in [0.4, 0.5) is 0 Å². The average molecular weight is 545 g/mol. The Hall–Kier alpha value is -0.890. The zero-order chi connectivity index (χ0) is 28.0. The molecule has 0 aromatic carbocycles. The number of carbonyl (C=O) groups is 1. The summed E-state index contributed by atoms with van der Waals surface area (Å²) in [5.74, 6) is -4.45. The molecule has 5 fully saturated rings. The zero-order valence-corrected chi connectivity index (χ0v) is 22.1. The second-order valence-corrected chi connectivity index (χ2v) is 13.5. The van der Waals surface area contributed by atoms with Crippen molar-refractivity contribution in [2.75, 3.05) is 6.61 Å². The third kappa shape index (κ3) is 3.70. The van der Waals surface area contributed by atoms with Gasteiger partial charge in [0, 0.05) is 11.3 Å². The summed E-state index contributed by atoms with van der Waals surface area (Å²) in [5, 5.41) is 95.1. The molecule has 0 aromatic heterocycles. The number of ether oxygens (including phenoxy) is 1. The first-order chi connectivity index (χ1) is 17.7. The third-order valence-corrected chi connectivity index (χ3v) is 12.1. The summed E-state index contributed by atoms with van der Waals surface area (Å²) >= 11 is 0. The predicted octanol–water partition coefficient (Wildman–Crippen LogP) is -1.04. The molecule has 0 aromatic rings. The number of aliphatic hydroxyl groups is 8. The van der Waals surface area contributed by atoms with Crippen molar-refractivity contribution in [1.82, 2.24) is 0 Å². The van der Waals surface area contributed by atoms with Gasteiger partial charge in [-0.15, -0.1) is 0 Å². The number of hydrogen-bond acceptors (Lipinski definition) is 10. The Kier molecular flexibility index (Phi) is 7.02. The smallest absolute Gasteiger partial charge is 0.335 e. The first kappa shape index (κ1) is 28.6. The summed E-state index contributed by atoms with van der Waals surface area (Å²) in [6.07, 6.45) is -5.35. The summed E-state index contributed by atoms with van der Waals surface area (Å²) < 4.78 is 5.41. The van der Waals surface area contributed by atoms with E-state index in [4.69, 9.17) is 4.74 Å². The number of carboxylic acids is 1. The van der Waals surface area contributed by atoms with Gasteiger partial charge in [-0.1, -0.05) is 13.8 Å². The number of rotatable bonds is 4. The van der Waals surface area contributed by atoms with E-state index in [1.54, 1.807) is 0 Å². The van der Waals surface area contributed by atoms with Gasteiger partial charge in [0.2, 0.25) is 0 Å². The van der Waals surface area contributed by atoms with Crippen LogP contribution in [0.5, 0.6) is 0 Å². The number of carboxylic acid groups (broad SMARTS) is 1. The van der Waals surface area contributed by atoms with Crippen molar-refractivity contribution in [3.8, 4) is 0 Å². The van der Waals surface area contributed by atoms with Gasteiger partial charge in [0.25, 0.3) is 0 Å². The van der Waals surface area contributed by atoms with Crippen molar-refractivity contribution in [2.24, 2.45) is 40.4 Å². The molecule has 218 valence electrons. The Morgan fingerprint density at radius 3 is 2.29 bits per heavy atom. The van der Waals surface area contributed by atoms with Crippen LogP contribution in [0.15, 0.2) is 0 Å². The van der Waals surface area contributed by atoms with Gasteiger partial charge in [-0.3, -0.25) is 0 Å². The summed E-state index contributed by atoms with van der Waals surface area (Å²) in [5.41, 5.74) is -2.54. The normalized spacial score (nSPS) is 57.4. The Bertz CT molecular complexity index is 933. The lowest BCUT2D eigenvalue weighted by Gasteiger charge is -2.64. The number of aliphatic carboxylic acids is 1. The highest BCUT2D eigenvalue weighted by Gasteiger charge is 2.69. The quantitative estimate of drug-likeness (QED) is 0.209. The largest absolute Gasteiger partial charge is 0.479 e. The van der Waals surface area contributed by atoms with Gasteiger partial charge in [-0.05, 0) is 80.5 Å². The van der Waals surface area contributed by atoms with E-state index in [2.05, 4.69) is 6.92 Å². The Labute approximate surface area is 222 Å². The second-order valence-electron chi connectivity index (χ2n) is 13.5. The van der Waals surface area contributed by atoms with E-state index in [0.717, 1.165) is 12.8 Å². The van der Waals surface area contributed by atoms with Crippen LogP contribution in [0.1, 0.15) is 65.2 Å². The van der Waals surface area contributed by atoms with Gasteiger partial charge in [0.1, 0.15) is 24.4 Å². The van der Waals surface area contributed by atoms with Gasteiger partial charge in [0.15, 0.2) is 11.9 Å². The Morgan fingerprint density at radius 2 is 1.66 bits per heavy atom. The van der Waals surface area contributed by atoms with E-state index in [9.17, 15) is 50.8 Å². The highest BCUT2D eigenvalue weighted by Crippen LogP contribution is 2.69. The van der Waals surface area contributed by atoms with Crippen molar-refractivity contribution < 1.29 is 55.5 Å². The SMILES string of the molecule is C[C@]12CCC([C@@]3(O)O[C@H](C(=O)O)[C@@H](O)[C@@H](O)[C@H]3O)CC1CCC1C2C(O)C[C@@]2(C)C1CC[C@]2(O)[C@@H](O)CO. The molecule has 15 atom stereocenters. The standard InChI is InChI=1S/C27H44O11/c1-24-7-5-13(27(37)22(33)20(32)19(31)21(38-27)23(34)35)9-12(24)3-4-14-15-6-8-26(36,17(30)11-28)25(15,2)10-16(29)18(14)24/h12-22,28-33,36-37H,3-11H2,1-2H3,(H,34,35)/t12?,13?,14?,15?,16?,17-,18?,19-,20+,21-,22+,24-,25-,26-,27+/m0/s1. The highest BCUT2D eigenvalue weighted by atomic mass is 16.7. The van der Waals surface area contributed by atoms with Gasteiger partial charge >= 0.3 is 5.97 Å². The third-order valence-electron chi connectivity index (χ3n) is 12.1. The summed E-state index contributed by atoms with van der Waals surface area (Å²) in [7, 11) is 0. The van der Waals surface area contributed by atoms with E-state index < -0.39 is 71.9 Å². The average Bonchev–Trinajstić information content (AvgIpc) is 3.14. The molecule has 6 unspecified atom stereocenters. The van der Waals surface area contributed by atoms with E-state index in [-0.39, 0.29) is 29.1 Å². The van der Waals surface area contributed by atoms with E-state index >= 15 is 0 Å². The summed E-state index contributed by atoms with van der Waals surface area (Å²) in [6, 6.07) is 0. The molecule has 5 aliphatic rings. The lowest BCUT2D eigenvalue weighted by atomic mass is 9.42. The van der Waals surface area contributed by atoms with Crippen LogP contribution in [0.2, 0.25) is 0 Å². The minimum Gasteiger partial charge on any atom is -0.479 e. The zero-order valence-electron chi connectivity index (χ0n) is 22.1. The van der Waals surface area contributed by atoms with E-state index in [0.29, 0.717) is 38.5 Å². The van der Waals surface area contributed by atoms with Crippen molar-refractivity contribution in [2.45, 2.75) is 113 Å². The molecule has 0 bridgehead atoms. The van der Waals surface area contributed by atoms with Crippen LogP contribution in [0, 0.1) is 40.4 Å². The van der Waals surface area contributed by atoms with Gasteiger partial charge in [-0.25, -0.2) is 4.79 Å². The fourth-order valence-electron chi connectivity index (χ4n) is 9.98. The summed E-state index contributed by atoms with van der Waals surface area (Å²) in [6.45, 7) is 3.51. The molecule has 4 aliphatic carbocycles. The maximum absolute atomic E-state index is 11.6. The van der Waals surface area contributed by atoms with Crippen LogP contribution in [0.25, 0.3) is 0 Å². The lowest BCUT2D eigenvalue weighted by molar-refractivity contribution is -0.367. The molecule has 11 heteroatoms. The highest BCUT2D eigenvalue weighted by molar-refractivity contribution is 5.73. The molecule has 5 rings (SSSR count). The van der Waals surface area contributed by atoms with Crippen LogP contribution in [0.3, 0.4) is 0 Å². The first-order valence-corrected chi connectivity index (χ1v) is 14.0. The molecule has 0 radical (unpaired) electrons. The topological polar surface area (TPSA) is 208 Å². The fourth-order valence-corrected chi connectivity index (χ4v) is 9.98. The second kappa shape index (κ2) is 9.32. The molecule has 4 saturated carbocycles. The molecule has 1 aliphatic heterocycles. The molecule has 0 spiro atoms. The Morgan fingerprint density at radius 1 is 0.974 bits per heavy atom. The number of hydrogen-bond donors (Lipinski definition) is 9. The van der Waals surface area contributed by atoms with Crippen LogP contribution in [-0.4, -0.2) is 107 Å². The van der Waals surface area contributed by atoms with Crippen LogP contribution < -0.4 is 0 Å². The van der Waals surface area contributed by atoms with E-state index in [1.807, 2.05) is 6.92 Å². The number of fused-ring (bicyclic) bond motifs is 5. The number of aliphatic hydroxyl groups excluding tert-OH is 6. The molecular weight excluding hydrogens is 500 g/mol. The summed E-state index contributed by atoms with van der Waals surface area (Å²) in [4.78, 5) is 11.6. The predicted molar refractivity (Wildman–Crippen MR) is 130 cm³/mol. The van der Waals surface area contributed by atoms with Crippen LogP contribution in [-0.2, 0) is 9.53 Å². The van der Waals surface area contributed by atoms with Crippen molar-refractivity contribution in [3.05, 3.63) is 0 Å². The molecule has 1 saturated heterocycles. The van der Waals surface area contributed by atoms with Gasteiger partial charge < -0.3 is 50.7 Å². The molecule has 11 nitrogen and oxygen atoms in total. The van der Waals surface area contributed by atoms with E-state index in [1.165, 1.54) is 0 Å². The van der Waals surface area contributed by atoms with Crippen molar-refractivity contribution >= 4 is 5.97 Å². The maximum atomic E-state index is 11.6. The molecule has 9 N–H and O–H groups in total. The van der Waals surface area contributed by atoms with Gasteiger partial charge in [0.05, 0.1) is 18.3 Å². The molecule has 38 heavy (non-hydrogen) atoms. The molecular formula is C27H44O11. The minimum absolute atomic E-state index is 0.0249.